The molecule has 0 amide bonds. The normalized spacial score (nSPS) is 13.6. The van der Waals surface area contributed by atoms with Gasteiger partial charge in [0.1, 0.15) is 11.1 Å². The number of aliphatic imine (C=N–C) groups is 1. The van der Waals surface area contributed by atoms with Crippen LogP contribution in [0.1, 0.15) is 0 Å². The zero-order valence-electron chi connectivity index (χ0n) is 9.63. The number of aliphatic carboxylic acids is 1. The average molecular weight is 272 g/mol. The van der Waals surface area contributed by atoms with Crippen molar-refractivity contribution < 1.29 is 9.90 Å². The van der Waals surface area contributed by atoms with Gasteiger partial charge in [0.25, 0.3) is 0 Å². The molecule has 0 radical (unpaired) electrons. The van der Waals surface area contributed by atoms with E-state index in [-0.39, 0.29) is 0 Å². The summed E-state index contributed by atoms with van der Waals surface area (Å²) in [6.45, 7) is 7.09. The number of carbonyl (C=O) groups is 1. The molecular formula is C11H16N2O2S2. The van der Waals surface area contributed by atoms with Gasteiger partial charge in [0.05, 0.1) is 0 Å². The van der Waals surface area contributed by atoms with Crippen LogP contribution in [0.2, 0.25) is 0 Å². The Hall–Kier alpha value is -0.980. The first-order chi connectivity index (χ1) is 8.15. The molecule has 1 unspecified atom stereocenters. The van der Waals surface area contributed by atoms with Gasteiger partial charge >= 0.3 is 5.97 Å². The second-order valence-electron chi connectivity index (χ2n) is 2.79. The van der Waals surface area contributed by atoms with Crippen LogP contribution in [0.5, 0.6) is 0 Å². The van der Waals surface area contributed by atoms with E-state index in [9.17, 15) is 4.79 Å². The summed E-state index contributed by atoms with van der Waals surface area (Å²) in [5, 5.41) is 12.3. The second-order valence-corrected chi connectivity index (χ2v) is 5.15. The minimum atomic E-state index is -0.857. The molecule has 0 aromatic heterocycles. The first-order valence-corrected chi connectivity index (χ1v) is 7.15. The lowest BCUT2D eigenvalue weighted by atomic mass is 10.3. The predicted molar refractivity (Wildman–Crippen MR) is 77.5 cm³/mol. The largest absolute Gasteiger partial charge is 0.480 e. The highest BCUT2D eigenvalue weighted by atomic mass is 33.1. The van der Waals surface area contributed by atoms with Gasteiger partial charge in [-0.05, 0) is 23.9 Å². The molecular weight excluding hydrogens is 256 g/mol. The molecule has 94 valence electrons. The Morgan fingerprint density at radius 3 is 2.76 bits per heavy atom. The Bertz CT molecular complexity index is 327. The average Bonchev–Trinajstić information content (AvgIpc) is 2.30. The standard InChI is InChI=1S/C11H16N2O2S2/c1-4-6-7-10(13-5-2)17-16-8-9(12-3)11(14)15/h4-7,9,12H,1-2,8H2,3H3,(H,14,15)/b7-6-,13-10?. The number of hydrogen-bond donors (Lipinski definition) is 2. The SMILES string of the molecule is C=C/C=C\C(=NC=C)SSCC(NC)C(=O)O. The lowest BCUT2D eigenvalue weighted by Gasteiger charge is -2.09. The van der Waals surface area contributed by atoms with Gasteiger partial charge in [0, 0.05) is 12.0 Å². The van der Waals surface area contributed by atoms with E-state index in [0.29, 0.717) is 5.75 Å². The topological polar surface area (TPSA) is 61.7 Å². The van der Waals surface area contributed by atoms with Crippen molar-refractivity contribution in [2.24, 2.45) is 4.99 Å². The van der Waals surface area contributed by atoms with E-state index < -0.39 is 12.0 Å². The molecule has 6 heteroatoms. The van der Waals surface area contributed by atoms with Crippen LogP contribution < -0.4 is 5.32 Å². The van der Waals surface area contributed by atoms with E-state index >= 15 is 0 Å². The van der Waals surface area contributed by atoms with Crippen molar-refractivity contribution in [3.8, 4) is 0 Å². The fraction of sp³-hybridized carbons (Fsp3) is 0.273. The number of nitrogens with zero attached hydrogens (tertiary/aromatic N) is 1. The smallest absolute Gasteiger partial charge is 0.321 e. The van der Waals surface area contributed by atoms with Crippen LogP contribution in [0.15, 0.2) is 42.6 Å². The number of hydrogen-bond acceptors (Lipinski definition) is 5. The molecule has 0 aromatic carbocycles. The number of allylic oxidation sites excluding steroid dienone is 2. The number of likely N-dealkylation sites (N-methyl/N-ethyl adjacent to an activating group) is 1. The van der Waals surface area contributed by atoms with E-state index in [2.05, 4.69) is 23.5 Å². The second kappa shape index (κ2) is 10.2. The summed E-state index contributed by atoms with van der Waals surface area (Å²) < 4.78 is 0. The molecule has 0 aliphatic heterocycles. The van der Waals surface area contributed by atoms with Crippen molar-refractivity contribution >= 4 is 32.6 Å². The van der Waals surface area contributed by atoms with Gasteiger partial charge in [-0.1, -0.05) is 36.1 Å². The number of nitrogens with one attached hydrogen (secondary N) is 1. The summed E-state index contributed by atoms with van der Waals surface area (Å²) >= 11 is 0. The highest BCUT2D eigenvalue weighted by Gasteiger charge is 2.14. The van der Waals surface area contributed by atoms with Crippen LogP contribution in [0.25, 0.3) is 0 Å². The summed E-state index contributed by atoms with van der Waals surface area (Å²) in [5.74, 6) is -0.404. The maximum Gasteiger partial charge on any atom is 0.321 e. The van der Waals surface area contributed by atoms with Crippen molar-refractivity contribution in [3.63, 3.8) is 0 Å². The van der Waals surface area contributed by atoms with Crippen LogP contribution in [0.4, 0.5) is 0 Å². The highest BCUT2D eigenvalue weighted by molar-refractivity contribution is 8.82. The Morgan fingerprint density at radius 2 is 2.29 bits per heavy atom. The van der Waals surface area contributed by atoms with E-state index in [1.54, 1.807) is 25.3 Å². The first-order valence-electron chi connectivity index (χ1n) is 4.83. The van der Waals surface area contributed by atoms with Crippen LogP contribution in [0, 0.1) is 0 Å². The van der Waals surface area contributed by atoms with E-state index in [0.717, 1.165) is 5.04 Å². The minimum Gasteiger partial charge on any atom is -0.480 e. The fourth-order valence-electron chi connectivity index (χ4n) is 0.773. The zero-order valence-corrected chi connectivity index (χ0v) is 11.3. The van der Waals surface area contributed by atoms with Crippen LogP contribution >= 0.6 is 21.6 Å². The molecule has 0 saturated heterocycles. The van der Waals surface area contributed by atoms with Gasteiger partial charge in [-0.2, -0.15) is 0 Å². The van der Waals surface area contributed by atoms with Gasteiger partial charge in [0.15, 0.2) is 0 Å². The molecule has 0 bridgehead atoms. The maximum absolute atomic E-state index is 10.7. The van der Waals surface area contributed by atoms with E-state index in [4.69, 9.17) is 5.11 Å². The summed E-state index contributed by atoms with van der Waals surface area (Å²) in [7, 11) is 4.45. The Kier molecular flexibility index (Phi) is 9.60. The van der Waals surface area contributed by atoms with E-state index in [1.807, 2.05) is 0 Å². The summed E-state index contributed by atoms with van der Waals surface area (Å²) in [4.78, 5) is 14.8. The molecule has 1 atom stereocenters. The number of rotatable bonds is 8. The summed E-state index contributed by atoms with van der Waals surface area (Å²) in [6.07, 6.45) is 6.66. The molecule has 4 nitrogen and oxygen atoms in total. The van der Waals surface area contributed by atoms with Gasteiger partial charge < -0.3 is 10.4 Å². The van der Waals surface area contributed by atoms with Gasteiger partial charge in [-0.3, -0.25) is 4.79 Å². The highest BCUT2D eigenvalue weighted by Crippen LogP contribution is 2.24. The molecule has 0 aliphatic carbocycles. The van der Waals surface area contributed by atoms with Crippen molar-refractivity contribution in [2.45, 2.75) is 6.04 Å². The number of carboxylic acid groups (broad SMARTS) is 1. The third-order valence-electron chi connectivity index (χ3n) is 1.62. The van der Waals surface area contributed by atoms with E-state index in [1.165, 1.54) is 27.8 Å². The van der Waals surface area contributed by atoms with Crippen molar-refractivity contribution in [2.75, 3.05) is 12.8 Å². The Morgan fingerprint density at radius 1 is 1.59 bits per heavy atom. The lowest BCUT2D eigenvalue weighted by Crippen LogP contribution is -2.35. The zero-order chi connectivity index (χ0) is 13.1. The van der Waals surface area contributed by atoms with Crippen molar-refractivity contribution in [1.82, 2.24) is 5.32 Å². The third kappa shape index (κ3) is 7.84. The predicted octanol–water partition coefficient (Wildman–Crippen LogP) is 2.32. The maximum atomic E-state index is 10.7. The van der Waals surface area contributed by atoms with Crippen molar-refractivity contribution in [1.29, 1.82) is 0 Å². The van der Waals surface area contributed by atoms with Crippen LogP contribution in [-0.4, -0.2) is 35.0 Å². The Labute approximate surface area is 109 Å². The molecule has 17 heavy (non-hydrogen) atoms. The van der Waals surface area contributed by atoms with Crippen molar-refractivity contribution in [3.05, 3.63) is 37.6 Å². The Balaban J connectivity index is 4.18. The van der Waals surface area contributed by atoms with Gasteiger partial charge in [0.2, 0.25) is 0 Å². The monoisotopic (exact) mass is 272 g/mol. The fourth-order valence-corrected chi connectivity index (χ4v) is 2.93. The lowest BCUT2D eigenvalue weighted by molar-refractivity contribution is -0.138. The first kappa shape index (κ1) is 16.0. The van der Waals surface area contributed by atoms with Gasteiger partial charge in [-0.15, -0.1) is 0 Å². The van der Waals surface area contributed by atoms with Gasteiger partial charge in [-0.25, -0.2) is 4.99 Å². The quantitative estimate of drug-likeness (QED) is 0.307. The summed E-state index contributed by atoms with van der Waals surface area (Å²) in [6, 6.07) is -0.555. The third-order valence-corrected chi connectivity index (χ3v) is 3.89. The molecule has 0 aromatic rings. The minimum absolute atomic E-state index is 0.453. The van der Waals surface area contributed by atoms with Crippen LogP contribution in [-0.2, 0) is 4.79 Å². The molecule has 0 saturated carbocycles. The summed E-state index contributed by atoms with van der Waals surface area (Å²) in [5.41, 5.74) is 0. The molecule has 0 fully saturated rings. The molecule has 2 N–H and O–H groups in total. The molecule has 0 heterocycles. The molecule has 0 spiro atoms. The van der Waals surface area contributed by atoms with Crippen LogP contribution in [0.3, 0.4) is 0 Å². The number of carboxylic acids is 1. The molecule has 0 rings (SSSR count). The molecule has 0 aliphatic rings.